The summed E-state index contributed by atoms with van der Waals surface area (Å²) in [5.41, 5.74) is -0.369. The van der Waals surface area contributed by atoms with Crippen molar-refractivity contribution in [3.63, 3.8) is 0 Å². The van der Waals surface area contributed by atoms with Gasteiger partial charge in [-0.25, -0.2) is 22.2 Å². The van der Waals surface area contributed by atoms with E-state index in [1.165, 1.54) is 6.20 Å². The Bertz CT molecular complexity index is 917. The van der Waals surface area contributed by atoms with Crippen LogP contribution in [0, 0.1) is 23.5 Å². The fourth-order valence-corrected chi connectivity index (χ4v) is 3.12. The van der Waals surface area contributed by atoms with Gasteiger partial charge in [-0.1, -0.05) is 18.8 Å². The molecule has 1 aromatic carbocycles. The molecule has 2 N–H and O–H groups in total. The summed E-state index contributed by atoms with van der Waals surface area (Å²) < 4.78 is 54.0. The Morgan fingerprint density at radius 1 is 1.16 bits per heavy atom. The van der Waals surface area contributed by atoms with Crippen molar-refractivity contribution < 1.29 is 17.2 Å². The van der Waals surface area contributed by atoms with Gasteiger partial charge in [0.15, 0.2) is 5.82 Å². The van der Waals surface area contributed by atoms with Crippen LogP contribution in [0.1, 0.15) is 24.5 Å². The topological polar surface area (TPSA) is 71.1 Å². The molecule has 0 unspecified atom stereocenters. The third-order valence-electron chi connectivity index (χ3n) is 3.18. The zero-order valence-corrected chi connectivity index (χ0v) is 14.5. The lowest BCUT2D eigenvalue weighted by Gasteiger charge is -2.09. The molecule has 2 aromatic rings. The minimum absolute atomic E-state index is 0.158. The van der Waals surface area contributed by atoms with E-state index in [2.05, 4.69) is 26.9 Å². The average molecular weight is 365 g/mol. The lowest BCUT2D eigenvalue weighted by Crippen LogP contribution is -2.17. The molecule has 2 rings (SSSR count). The van der Waals surface area contributed by atoms with Crippen molar-refractivity contribution in [3.05, 3.63) is 53.2 Å². The summed E-state index contributed by atoms with van der Waals surface area (Å²) in [4.78, 5) is 4.05. The Kier molecular flexibility index (Phi) is 5.93. The number of hydrogen-bond acceptors (Lipinski definition) is 4. The molecule has 0 atom stereocenters. The molecule has 0 aliphatic heterocycles. The molecule has 0 fully saturated rings. The fraction of sp³-hybridized carbons (Fsp3) is 0.235. The maximum atomic E-state index is 14.4. The molecule has 0 saturated heterocycles. The molecular weight excluding hydrogens is 348 g/mol. The van der Waals surface area contributed by atoms with Crippen LogP contribution in [0.3, 0.4) is 0 Å². The number of benzene rings is 1. The average Bonchev–Trinajstić information content (AvgIpc) is 2.58. The molecule has 1 heterocycles. The van der Waals surface area contributed by atoms with Crippen LogP contribution in [0.4, 0.5) is 20.3 Å². The van der Waals surface area contributed by atoms with Gasteiger partial charge in [0, 0.05) is 18.8 Å². The Labute approximate surface area is 145 Å². The molecule has 0 saturated carbocycles. The summed E-state index contributed by atoms with van der Waals surface area (Å²) in [6, 6.07) is 5.33. The maximum absolute atomic E-state index is 14.4. The molecule has 25 heavy (non-hydrogen) atoms. The molecule has 0 bridgehead atoms. The van der Waals surface area contributed by atoms with Gasteiger partial charge in [-0.15, -0.1) is 0 Å². The van der Waals surface area contributed by atoms with Crippen LogP contribution in [0.25, 0.3) is 0 Å². The van der Waals surface area contributed by atoms with Gasteiger partial charge in [0.25, 0.3) is 0 Å². The standard InChI is InChI=1S/C17H17F2N3O2S/c1-3-10-25(23,24)22-15-8-7-14(18)13(17(15)19)6-4-12-5-9-16(20-2)21-11-12/h5,7-9,11,22H,3,10H2,1-2H3,(H,20,21). The fourth-order valence-electron chi connectivity index (χ4n) is 1.98. The van der Waals surface area contributed by atoms with E-state index < -0.39 is 27.2 Å². The number of nitrogens with one attached hydrogen (secondary N) is 2. The summed E-state index contributed by atoms with van der Waals surface area (Å²) in [7, 11) is -1.98. The summed E-state index contributed by atoms with van der Waals surface area (Å²) in [5.74, 6) is 3.56. The van der Waals surface area contributed by atoms with Gasteiger partial charge < -0.3 is 5.32 Å². The van der Waals surface area contributed by atoms with Crippen molar-refractivity contribution in [2.45, 2.75) is 13.3 Å². The number of rotatable bonds is 5. The first kappa shape index (κ1) is 18.7. The number of hydrogen-bond donors (Lipinski definition) is 2. The Balaban J connectivity index is 2.35. The zero-order valence-electron chi connectivity index (χ0n) is 13.7. The van der Waals surface area contributed by atoms with Crippen molar-refractivity contribution in [3.8, 4) is 11.8 Å². The second kappa shape index (κ2) is 7.94. The quantitative estimate of drug-likeness (QED) is 0.799. The third-order valence-corrected chi connectivity index (χ3v) is 4.66. The van der Waals surface area contributed by atoms with Crippen molar-refractivity contribution in [1.29, 1.82) is 0 Å². The van der Waals surface area contributed by atoms with E-state index in [1.807, 2.05) is 0 Å². The SMILES string of the molecule is CCCS(=O)(=O)Nc1ccc(F)c(C#Cc2ccc(NC)nc2)c1F. The predicted molar refractivity (Wildman–Crippen MR) is 93.8 cm³/mol. The van der Waals surface area contributed by atoms with E-state index in [4.69, 9.17) is 0 Å². The van der Waals surface area contributed by atoms with Crippen LogP contribution >= 0.6 is 0 Å². The normalized spacial score (nSPS) is 10.7. The Morgan fingerprint density at radius 2 is 1.92 bits per heavy atom. The van der Waals surface area contributed by atoms with Crippen LogP contribution in [0.2, 0.25) is 0 Å². The van der Waals surface area contributed by atoms with Gasteiger partial charge in [-0.2, -0.15) is 0 Å². The lowest BCUT2D eigenvalue weighted by atomic mass is 10.1. The van der Waals surface area contributed by atoms with E-state index in [9.17, 15) is 17.2 Å². The number of anilines is 2. The molecule has 1 aromatic heterocycles. The van der Waals surface area contributed by atoms with E-state index in [-0.39, 0.29) is 11.4 Å². The van der Waals surface area contributed by atoms with Gasteiger partial charge in [0.05, 0.1) is 17.0 Å². The highest BCUT2D eigenvalue weighted by atomic mass is 32.2. The number of sulfonamides is 1. The molecule has 8 heteroatoms. The smallest absolute Gasteiger partial charge is 0.232 e. The van der Waals surface area contributed by atoms with Gasteiger partial charge >= 0.3 is 0 Å². The van der Waals surface area contributed by atoms with Crippen LogP contribution in [-0.2, 0) is 10.0 Å². The summed E-state index contributed by atoms with van der Waals surface area (Å²) in [5, 5.41) is 2.84. The molecule has 132 valence electrons. The predicted octanol–water partition coefficient (Wildman–Crippen LogP) is 2.95. The van der Waals surface area contributed by atoms with Crippen LogP contribution in [0.15, 0.2) is 30.5 Å². The van der Waals surface area contributed by atoms with Crippen molar-refractivity contribution in [2.75, 3.05) is 22.8 Å². The van der Waals surface area contributed by atoms with Crippen LogP contribution in [0.5, 0.6) is 0 Å². The third kappa shape index (κ3) is 4.90. The number of nitrogens with zero attached hydrogens (tertiary/aromatic N) is 1. The van der Waals surface area contributed by atoms with Gasteiger partial charge in [0.1, 0.15) is 11.6 Å². The van der Waals surface area contributed by atoms with E-state index in [0.717, 1.165) is 12.1 Å². The zero-order chi connectivity index (χ0) is 18.4. The second-order valence-corrected chi connectivity index (χ2v) is 6.98. The van der Waals surface area contributed by atoms with E-state index in [0.29, 0.717) is 17.8 Å². The largest absolute Gasteiger partial charge is 0.373 e. The number of aromatic nitrogens is 1. The monoisotopic (exact) mass is 365 g/mol. The van der Waals surface area contributed by atoms with Crippen LogP contribution < -0.4 is 10.0 Å². The van der Waals surface area contributed by atoms with Gasteiger partial charge in [0.2, 0.25) is 10.0 Å². The second-order valence-electron chi connectivity index (χ2n) is 5.14. The highest BCUT2D eigenvalue weighted by Crippen LogP contribution is 2.22. The maximum Gasteiger partial charge on any atom is 0.232 e. The van der Waals surface area contributed by atoms with Crippen LogP contribution in [-0.4, -0.2) is 26.2 Å². The highest BCUT2D eigenvalue weighted by Gasteiger charge is 2.16. The molecule has 5 nitrogen and oxygen atoms in total. The first-order valence-electron chi connectivity index (χ1n) is 7.50. The summed E-state index contributed by atoms with van der Waals surface area (Å²) in [6.07, 6.45) is 1.84. The molecule has 0 aliphatic carbocycles. The van der Waals surface area contributed by atoms with Crippen molar-refractivity contribution in [1.82, 2.24) is 4.98 Å². The first-order valence-corrected chi connectivity index (χ1v) is 9.16. The van der Waals surface area contributed by atoms with Crippen molar-refractivity contribution >= 4 is 21.5 Å². The lowest BCUT2D eigenvalue weighted by molar-refractivity contribution is 0.577. The van der Waals surface area contributed by atoms with Gasteiger partial charge in [-0.3, -0.25) is 4.72 Å². The minimum Gasteiger partial charge on any atom is -0.373 e. The molecule has 0 radical (unpaired) electrons. The first-order chi connectivity index (χ1) is 11.9. The molecule has 0 amide bonds. The molecule has 0 spiro atoms. The number of halogens is 2. The minimum atomic E-state index is -3.69. The Hall–Kier alpha value is -2.66. The summed E-state index contributed by atoms with van der Waals surface area (Å²) in [6.45, 7) is 1.69. The molecular formula is C17H17F2N3O2S. The van der Waals surface area contributed by atoms with E-state index >= 15 is 0 Å². The number of pyridine rings is 1. The summed E-state index contributed by atoms with van der Waals surface area (Å²) >= 11 is 0. The highest BCUT2D eigenvalue weighted by molar-refractivity contribution is 7.92. The van der Waals surface area contributed by atoms with Gasteiger partial charge in [-0.05, 0) is 30.7 Å². The molecule has 0 aliphatic rings. The Morgan fingerprint density at radius 3 is 2.52 bits per heavy atom. The van der Waals surface area contributed by atoms with E-state index in [1.54, 1.807) is 26.1 Å². The van der Waals surface area contributed by atoms with Crippen molar-refractivity contribution in [2.24, 2.45) is 0 Å².